The topological polar surface area (TPSA) is 105 Å². The zero-order valence-electron chi connectivity index (χ0n) is 21.7. The second-order valence-electron chi connectivity index (χ2n) is 11.3. The molecule has 3 N–H and O–H groups in total. The molecule has 0 atom stereocenters. The first-order valence-electron chi connectivity index (χ1n) is 13.2. The van der Waals surface area contributed by atoms with E-state index in [9.17, 15) is 5.11 Å². The number of rotatable bonds is 6. The largest absolute Gasteiger partial charge is 0.389 e. The Labute approximate surface area is 221 Å². The average molecular weight is 506 g/mol. The minimum Gasteiger partial charge on any atom is -0.389 e. The van der Waals surface area contributed by atoms with Crippen molar-refractivity contribution in [3.8, 4) is 22.5 Å². The van der Waals surface area contributed by atoms with E-state index in [1.54, 1.807) is 0 Å². The Balaban J connectivity index is 1.34. The van der Waals surface area contributed by atoms with Crippen LogP contribution in [-0.2, 0) is 12.1 Å². The maximum absolute atomic E-state index is 10.9. The van der Waals surface area contributed by atoms with Crippen molar-refractivity contribution in [2.75, 3.05) is 14.1 Å². The molecule has 0 spiro atoms. The van der Waals surface area contributed by atoms with E-state index in [4.69, 9.17) is 15.7 Å². The highest BCUT2D eigenvalue weighted by Crippen LogP contribution is 2.57. The molecule has 7 rings (SSSR count). The van der Waals surface area contributed by atoms with E-state index in [0.717, 1.165) is 63.6 Å². The van der Waals surface area contributed by atoms with Crippen molar-refractivity contribution in [3.63, 3.8) is 0 Å². The van der Waals surface area contributed by atoms with Gasteiger partial charge in [0.2, 0.25) is 0 Å². The summed E-state index contributed by atoms with van der Waals surface area (Å²) in [5.74, 6) is 1.25. The Bertz CT molecular complexity index is 1650. The smallest absolute Gasteiger partial charge is 0.166 e. The monoisotopic (exact) mass is 505 g/mol. The molecular formula is C30H31N7O. The highest BCUT2D eigenvalue weighted by Gasteiger charge is 2.58. The molecule has 2 aliphatic carbocycles. The second kappa shape index (κ2) is 8.39. The van der Waals surface area contributed by atoms with Crippen molar-refractivity contribution in [3.05, 3.63) is 78.1 Å². The fourth-order valence-electron chi connectivity index (χ4n) is 6.04. The van der Waals surface area contributed by atoms with Gasteiger partial charge in [0, 0.05) is 16.7 Å². The normalized spacial score (nSPS) is 23.3. The fourth-order valence-corrected chi connectivity index (χ4v) is 6.04. The van der Waals surface area contributed by atoms with Crippen LogP contribution in [0, 0.1) is 5.92 Å². The highest BCUT2D eigenvalue weighted by molar-refractivity contribution is 5.86. The average Bonchev–Trinajstić information content (AvgIpc) is 3.69. The van der Waals surface area contributed by atoms with Crippen LogP contribution in [0.4, 0.5) is 0 Å². The van der Waals surface area contributed by atoms with Crippen LogP contribution < -0.4 is 5.73 Å². The third kappa shape index (κ3) is 3.79. The Morgan fingerprint density at radius 1 is 0.895 bits per heavy atom. The van der Waals surface area contributed by atoms with Gasteiger partial charge in [-0.3, -0.25) is 4.40 Å². The van der Waals surface area contributed by atoms with Gasteiger partial charge < -0.3 is 15.7 Å². The van der Waals surface area contributed by atoms with Gasteiger partial charge in [-0.1, -0.05) is 54.6 Å². The highest BCUT2D eigenvalue weighted by atomic mass is 16.3. The second-order valence-corrected chi connectivity index (χ2v) is 11.3. The van der Waals surface area contributed by atoms with Crippen LogP contribution >= 0.6 is 0 Å². The lowest BCUT2D eigenvalue weighted by Crippen LogP contribution is -2.60. The van der Waals surface area contributed by atoms with Crippen molar-refractivity contribution < 1.29 is 5.11 Å². The number of aliphatic hydroxyl groups is 1. The predicted octanol–water partition coefficient (Wildman–Crippen LogP) is 4.16. The van der Waals surface area contributed by atoms with Crippen LogP contribution in [0.25, 0.3) is 39.3 Å². The molecule has 3 aromatic heterocycles. The number of fused-ring (bicyclic) bond motifs is 3. The zero-order valence-corrected chi connectivity index (χ0v) is 21.7. The number of hydrogen-bond donors (Lipinski definition) is 2. The first-order chi connectivity index (χ1) is 18.3. The molecular weight excluding hydrogens is 474 g/mol. The number of nitrogens with two attached hydrogens (primary N) is 1. The van der Waals surface area contributed by atoms with Crippen molar-refractivity contribution in [2.45, 2.75) is 43.4 Å². The van der Waals surface area contributed by atoms with Gasteiger partial charge in [-0.15, -0.1) is 10.2 Å². The van der Waals surface area contributed by atoms with Crippen LogP contribution in [-0.4, -0.2) is 54.3 Å². The van der Waals surface area contributed by atoms with E-state index in [2.05, 4.69) is 51.5 Å². The maximum atomic E-state index is 10.9. The molecule has 2 aromatic carbocycles. The molecule has 2 aliphatic rings. The van der Waals surface area contributed by atoms with Crippen LogP contribution in [0.15, 0.2) is 66.7 Å². The minimum atomic E-state index is -0.587. The number of aromatic nitrogens is 5. The van der Waals surface area contributed by atoms with E-state index >= 15 is 0 Å². The van der Waals surface area contributed by atoms with E-state index in [-0.39, 0.29) is 0 Å². The summed E-state index contributed by atoms with van der Waals surface area (Å²) in [6.45, 7) is 0.641. The van der Waals surface area contributed by atoms with Gasteiger partial charge in [0.1, 0.15) is 5.52 Å². The van der Waals surface area contributed by atoms with Crippen LogP contribution in [0.3, 0.4) is 0 Å². The molecule has 3 heterocycles. The van der Waals surface area contributed by atoms with Crippen LogP contribution in [0.2, 0.25) is 0 Å². The first-order valence-corrected chi connectivity index (χ1v) is 13.2. The molecule has 0 radical (unpaired) electrons. The van der Waals surface area contributed by atoms with Crippen molar-refractivity contribution >= 4 is 16.8 Å². The zero-order chi connectivity index (χ0) is 26.1. The van der Waals surface area contributed by atoms with Crippen LogP contribution in [0.5, 0.6) is 0 Å². The summed E-state index contributed by atoms with van der Waals surface area (Å²) in [6.07, 6.45) is 3.48. The quantitative estimate of drug-likeness (QED) is 0.357. The third-order valence-electron chi connectivity index (χ3n) is 8.08. The molecule has 2 fully saturated rings. The summed E-state index contributed by atoms with van der Waals surface area (Å²) in [4.78, 5) is 12.4. The number of hydrogen-bond acceptors (Lipinski definition) is 7. The SMILES string of the molecule is CN(C)Cc1nnc2ccc3nc(-c4ccc([C@]5(N)C[C@@](O)(C6CC6)C5)cc4)c(-c4ccccc4)nc3n12. The van der Waals surface area contributed by atoms with Gasteiger partial charge >= 0.3 is 0 Å². The van der Waals surface area contributed by atoms with Crippen LogP contribution in [0.1, 0.15) is 37.1 Å². The lowest BCUT2D eigenvalue weighted by molar-refractivity contribution is -0.106. The van der Waals surface area contributed by atoms with Gasteiger partial charge in [0.25, 0.3) is 0 Å². The molecule has 0 bridgehead atoms. The summed E-state index contributed by atoms with van der Waals surface area (Å²) < 4.78 is 2.00. The molecule has 5 aromatic rings. The van der Waals surface area contributed by atoms with E-state index in [0.29, 0.717) is 25.3 Å². The summed E-state index contributed by atoms with van der Waals surface area (Å²) >= 11 is 0. The summed E-state index contributed by atoms with van der Waals surface area (Å²) in [5, 5.41) is 19.6. The molecule has 0 aliphatic heterocycles. The van der Waals surface area contributed by atoms with Gasteiger partial charge in [0.15, 0.2) is 17.1 Å². The Morgan fingerprint density at radius 2 is 1.58 bits per heavy atom. The maximum Gasteiger partial charge on any atom is 0.166 e. The van der Waals surface area contributed by atoms with Crippen molar-refractivity contribution in [2.24, 2.45) is 11.7 Å². The number of pyridine rings is 1. The van der Waals surface area contributed by atoms with Gasteiger partial charge in [0.05, 0.1) is 23.5 Å². The lowest BCUT2D eigenvalue weighted by atomic mass is 9.60. The molecule has 0 amide bonds. The minimum absolute atomic E-state index is 0.426. The summed E-state index contributed by atoms with van der Waals surface area (Å²) in [5.41, 5.74) is 12.6. The number of benzene rings is 2. The first kappa shape index (κ1) is 23.4. The lowest BCUT2D eigenvalue weighted by Gasteiger charge is -2.52. The molecule has 38 heavy (non-hydrogen) atoms. The van der Waals surface area contributed by atoms with Crippen molar-refractivity contribution in [1.29, 1.82) is 0 Å². The predicted molar refractivity (Wildman–Crippen MR) is 147 cm³/mol. The van der Waals surface area contributed by atoms with E-state index in [1.165, 1.54) is 0 Å². The van der Waals surface area contributed by atoms with E-state index in [1.807, 2.05) is 48.8 Å². The van der Waals surface area contributed by atoms with Gasteiger partial charge in [-0.25, -0.2) is 9.97 Å². The third-order valence-corrected chi connectivity index (χ3v) is 8.08. The Hall–Kier alpha value is -3.72. The Kier molecular flexibility index (Phi) is 5.17. The van der Waals surface area contributed by atoms with Gasteiger partial charge in [-0.05, 0) is 63.4 Å². The molecule has 2 saturated carbocycles. The van der Waals surface area contributed by atoms with Gasteiger partial charge in [-0.2, -0.15) is 0 Å². The molecule has 192 valence electrons. The van der Waals surface area contributed by atoms with Crippen molar-refractivity contribution in [1.82, 2.24) is 29.5 Å². The molecule has 8 heteroatoms. The molecule has 0 saturated heterocycles. The molecule has 0 unspecified atom stereocenters. The van der Waals surface area contributed by atoms with E-state index < -0.39 is 11.1 Å². The summed E-state index contributed by atoms with van der Waals surface area (Å²) in [6, 6.07) is 22.4. The Morgan fingerprint density at radius 3 is 2.26 bits per heavy atom. The molecule has 8 nitrogen and oxygen atoms in total. The number of nitrogens with zero attached hydrogens (tertiary/aromatic N) is 6. The summed E-state index contributed by atoms with van der Waals surface area (Å²) in [7, 11) is 4.02. The fraction of sp³-hybridized carbons (Fsp3) is 0.333. The standard InChI is InChI=1S/C30H31N7O/c1-36(2)16-25-35-34-24-15-14-23-28(37(24)25)33-27(19-6-4-3-5-7-19)26(32-23)20-8-10-21(11-9-20)29(31)17-30(38,18-29)22-12-13-22/h3-11,14-15,22,38H,12-13,16-18,31H2,1-2H3/t29-,30-.